The first-order valence-electron chi connectivity index (χ1n) is 8.76. The second kappa shape index (κ2) is 9.67. The van der Waals surface area contributed by atoms with Gasteiger partial charge in [-0.2, -0.15) is 0 Å². The largest absolute Gasteiger partial charge is 0.488 e. The van der Waals surface area contributed by atoms with Gasteiger partial charge in [-0.05, 0) is 35.6 Å². The highest BCUT2D eigenvalue weighted by atomic mass is 35.5. The molecule has 0 heterocycles. The number of hydrogen-bond acceptors (Lipinski definition) is 3. The minimum absolute atomic E-state index is 0.110. The highest BCUT2D eigenvalue weighted by molar-refractivity contribution is 8.00. The van der Waals surface area contributed by atoms with Gasteiger partial charge in [0, 0.05) is 5.75 Å². The maximum Gasteiger partial charge on any atom is 0.313 e. The maximum absolute atomic E-state index is 10.6. The lowest BCUT2D eigenvalue weighted by molar-refractivity contribution is -0.133. The van der Waals surface area contributed by atoms with E-state index in [1.165, 1.54) is 28.5 Å². The van der Waals surface area contributed by atoms with E-state index in [4.69, 9.17) is 21.4 Å². The molecule has 1 aliphatic rings. The number of carboxylic acid groups (broad SMARTS) is 1. The summed E-state index contributed by atoms with van der Waals surface area (Å²) >= 11 is 7.71. The molecular formula is C22H21ClO3S. The Kier molecular flexibility index (Phi) is 7.02. The lowest BCUT2D eigenvalue weighted by Gasteiger charge is -2.17. The third-order valence-electron chi connectivity index (χ3n) is 4.24. The number of carboxylic acids is 1. The summed E-state index contributed by atoms with van der Waals surface area (Å²) in [5.74, 6) is 0.704. The van der Waals surface area contributed by atoms with E-state index in [1.54, 1.807) is 0 Å². The van der Waals surface area contributed by atoms with E-state index < -0.39 is 5.97 Å². The summed E-state index contributed by atoms with van der Waals surface area (Å²) in [4.78, 5) is 10.6. The molecule has 0 aliphatic heterocycles. The predicted octanol–water partition coefficient (Wildman–Crippen LogP) is 5.86. The van der Waals surface area contributed by atoms with Crippen LogP contribution >= 0.6 is 23.4 Å². The molecule has 1 aliphatic carbocycles. The molecule has 0 fully saturated rings. The van der Waals surface area contributed by atoms with Gasteiger partial charge in [-0.25, -0.2) is 0 Å². The normalized spacial score (nSPS) is 14.0. The third kappa shape index (κ3) is 5.91. The second-order valence-electron chi connectivity index (χ2n) is 6.31. The van der Waals surface area contributed by atoms with Crippen LogP contribution in [0.15, 0.2) is 77.0 Å². The highest BCUT2D eigenvalue weighted by Gasteiger charge is 2.14. The topological polar surface area (TPSA) is 46.5 Å². The van der Waals surface area contributed by atoms with Crippen LogP contribution in [0.5, 0.6) is 0 Å². The van der Waals surface area contributed by atoms with Gasteiger partial charge in [0.1, 0.15) is 12.4 Å². The van der Waals surface area contributed by atoms with Crippen LogP contribution in [-0.2, 0) is 16.1 Å². The number of halogens is 1. The standard InChI is InChI=1S/C22H21ClO3S/c23-20-11-8-17(14-27-15-22(24)25)12-21(20)26-13-16-6-9-19(10-7-16)18-4-2-1-3-5-18/h1-7,9-10,12H,8,11,13-15H2,(H,24,25). The zero-order valence-corrected chi connectivity index (χ0v) is 16.4. The maximum atomic E-state index is 10.6. The lowest BCUT2D eigenvalue weighted by Crippen LogP contribution is -2.04. The van der Waals surface area contributed by atoms with Crippen molar-refractivity contribution in [2.45, 2.75) is 19.4 Å². The van der Waals surface area contributed by atoms with Gasteiger partial charge >= 0.3 is 5.97 Å². The molecule has 2 aromatic carbocycles. The molecule has 0 bridgehead atoms. The lowest BCUT2D eigenvalue weighted by atomic mass is 10.0. The number of thioether (sulfide) groups is 1. The van der Waals surface area contributed by atoms with Gasteiger partial charge in [0.2, 0.25) is 0 Å². The molecule has 0 saturated carbocycles. The first kappa shape index (κ1) is 19.6. The van der Waals surface area contributed by atoms with E-state index in [1.807, 2.05) is 24.3 Å². The number of benzene rings is 2. The Morgan fingerprint density at radius 2 is 1.74 bits per heavy atom. The zero-order chi connectivity index (χ0) is 19.1. The number of ether oxygens (including phenoxy) is 1. The van der Waals surface area contributed by atoms with E-state index in [-0.39, 0.29) is 5.75 Å². The summed E-state index contributed by atoms with van der Waals surface area (Å²) < 4.78 is 5.93. The van der Waals surface area contributed by atoms with Crippen molar-refractivity contribution in [2.24, 2.45) is 0 Å². The van der Waals surface area contributed by atoms with Gasteiger partial charge in [-0.15, -0.1) is 11.8 Å². The third-order valence-corrected chi connectivity index (χ3v) is 5.64. The molecule has 27 heavy (non-hydrogen) atoms. The van der Waals surface area contributed by atoms with E-state index in [0.29, 0.717) is 18.1 Å². The average Bonchev–Trinajstić information content (AvgIpc) is 2.69. The monoisotopic (exact) mass is 400 g/mol. The quantitative estimate of drug-likeness (QED) is 0.602. The molecule has 0 radical (unpaired) electrons. The molecule has 0 atom stereocenters. The molecule has 3 rings (SSSR count). The van der Waals surface area contributed by atoms with Crippen LogP contribution in [0.2, 0.25) is 0 Å². The van der Waals surface area contributed by atoms with Crippen LogP contribution < -0.4 is 0 Å². The average molecular weight is 401 g/mol. The molecular weight excluding hydrogens is 380 g/mol. The van der Waals surface area contributed by atoms with Crippen LogP contribution in [-0.4, -0.2) is 22.6 Å². The number of aliphatic carboxylic acids is 1. The Hall–Kier alpha value is -2.17. The van der Waals surface area contributed by atoms with E-state index >= 15 is 0 Å². The van der Waals surface area contributed by atoms with Gasteiger partial charge < -0.3 is 9.84 Å². The van der Waals surface area contributed by atoms with Crippen molar-refractivity contribution in [3.63, 3.8) is 0 Å². The van der Waals surface area contributed by atoms with Crippen LogP contribution in [0.25, 0.3) is 11.1 Å². The molecule has 0 spiro atoms. The summed E-state index contributed by atoms with van der Waals surface area (Å²) in [5, 5.41) is 9.47. The second-order valence-corrected chi connectivity index (χ2v) is 7.75. The van der Waals surface area contributed by atoms with Crippen molar-refractivity contribution in [1.29, 1.82) is 0 Å². The fourth-order valence-electron chi connectivity index (χ4n) is 2.82. The summed E-state index contributed by atoms with van der Waals surface area (Å²) in [6.45, 7) is 0.451. The van der Waals surface area contributed by atoms with Crippen LogP contribution in [0.1, 0.15) is 18.4 Å². The number of hydrogen-bond donors (Lipinski definition) is 1. The Balaban J connectivity index is 1.58. The van der Waals surface area contributed by atoms with Crippen molar-refractivity contribution >= 4 is 29.3 Å². The molecule has 140 valence electrons. The predicted molar refractivity (Wildman–Crippen MR) is 112 cm³/mol. The first-order chi connectivity index (χ1) is 13.1. The van der Waals surface area contributed by atoms with Crippen molar-refractivity contribution in [1.82, 2.24) is 0 Å². The smallest absolute Gasteiger partial charge is 0.313 e. The fraction of sp³-hybridized carbons (Fsp3) is 0.227. The Bertz CT molecular complexity index is 842. The van der Waals surface area contributed by atoms with Gasteiger partial charge in [0.05, 0.1) is 10.8 Å². The molecule has 0 saturated heterocycles. The van der Waals surface area contributed by atoms with Crippen LogP contribution in [0, 0.1) is 0 Å². The molecule has 0 unspecified atom stereocenters. The molecule has 5 heteroatoms. The molecule has 1 N–H and O–H groups in total. The zero-order valence-electron chi connectivity index (χ0n) is 14.9. The summed E-state index contributed by atoms with van der Waals surface area (Å²) in [6, 6.07) is 18.6. The number of carbonyl (C=O) groups is 1. The first-order valence-corrected chi connectivity index (χ1v) is 10.3. The summed E-state index contributed by atoms with van der Waals surface area (Å²) in [6.07, 6.45) is 3.55. The molecule has 0 amide bonds. The molecule has 3 nitrogen and oxygen atoms in total. The SMILES string of the molecule is O=C(O)CSCC1=CC(OCc2ccc(-c3ccccc3)cc2)=C(Cl)CC1. The van der Waals surface area contributed by atoms with E-state index in [2.05, 4.69) is 36.4 Å². The van der Waals surface area contributed by atoms with Gasteiger partial charge in [-0.1, -0.05) is 71.8 Å². The summed E-state index contributed by atoms with van der Waals surface area (Å²) in [5.41, 5.74) is 4.61. The van der Waals surface area contributed by atoms with Crippen molar-refractivity contribution in [3.8, 4) is 11.1 Å². The molecule has 0 aromatic heterocycles. The van der Waals surface area contributed by atoms with Crippen LogP contribution in [0.4, 0.5) is 0 Å². The van der Waals surface area contributed by atoms with Gasteiger partial charge in [0.15, 0.2) is 0 Å². The van der Waals surface area contributed by atoms with E-state index in [9.17, 15) is 4.79 Å². The number of rotatable bonds is 8. The Morgan fingerprint density at radius 1 is 1.04 bits per heavy atom. The Morgan fingerprint density at radius 3 is 2.44 bits per heavy atom. The summed E-state index contributed by atoms with van der Waals surface area (Å²) in [7, 11) is 0. The Labute approximate surface area is 168 Å². The van der Waals surface area contributed by atoms with Gasteiger partial charge in [-0.3, -0.25) is 4.79 Å². The van der Waals surface area contributed by atoms with Crippen LogP contribution in [0.3, 0.4) is 0 Å². The molecule has 2 aromatic rings. The minimum atomic E-state index is -0.791. The fourth-order valence-corrected chi connectivity index (χ4v) is 3.79. The van der Waals surface area contributed by atoms with E-state index in [0.717, 1.165) is 23.4 Å². The van der Waals surface area contributed by atoms with Crippen molar-refractivity contribution < 1.29 is 14.6 Å². The van der Waals surface area contributed by atoms with Crippen molar-refractivity contribution in [3.05, 3.63) is 82.6 Å². The van der Waals surface area contributed by atoms with Gasteiger partial charge in [0.25, 0.3) is 0 Å². The number of allylic oxidation sites excluding steroid dienone is 2. The highest BCUT2D eigenvalue weighted by Crippen LogP contribution is 2.30. The minimum Gasteiger partial charge on any atom is -0.488 e. The van der Waals surface area contributed by atoms with Crippen molar-refractivity contribution in [2.75, 3.05) is 11.5 Å².